The van der Waals surface area contributed by atoms with Crippen molar-refractivity contribution in [2.45, 2.75) is 38.4 Å². The van der Waals surface area contributed by atoms with Gasteiger partial charge in [0.15, 0.2) is 5.78 Å². The molecule has 2 fully saturated rings. The third kappa shape index (κ3) is 2.37. The molecule has 3 rings (SSSR count). The Morgan fingerprint density at radius 1 is 1.24 bits per heavy atom. The highest BCUT2D eigenvalue weighted by atomic mass is 19.4. The van der Waals surface area contributed by atoms with Crippen LogP contribution in [0.1, 0.15) is 40.7 Å². The van der Waals surface area contributed by atoms with E-state index in [2.05, 4.69) is 0 Å². The molecule has 0 amide bonds. The molecule has 2 saturated carbocycles. The molecule has 2 bridgehead atoms. The Kier molecular flexibility index (Phi) is 3.35. The smallest absolute Gasteiger partial charge is 0.327 e. The van der Waals surface area contributed by atoms with E-state index in [1.807, 2.05) is 0 Å². The van der Waals surface area contributed by atoms with Gasteiger partial charge < -0.3 is 5.73 Å². The van der Waals surface area contributed by atoms with Gasteiger partial charge in [0.2, 0.25) is 0 Å². The summed E-state index contributed by atoms with van der Waals surface area (Å²) in [4.78, 5) is 12.7. The normalized spacial score (nSPS) is 31.7. The minimum absolute atomic E-state index is 0.0825. The second-order valence-electron chi connectivity index (χ2n) is 6.33. The number of alkyl halides is 3. The lowest BCUT2D eigenvalue weighted by Gasteiger charge is -2.27. The number of hydrogen-bond donors (Lipinski definition) is 1. The Bertz CT molecular complexity index is 579. The van der Waals surface area contributed by atoms with Crippen molar-refractivity contribution in [1.82, 2.24) is 0 Å². The van der Waals surface area contributed by atoms with Crippen LogP contribution in [0.3, 0.4) is 0 Å². The number of ketones is 1. The average molecular weight is 297 g/mol. The summed E-state index contributed by atoms with van der Waals surface area (Å²) in [6, 6.07) is 3.20. The summed E-state index contributed by atoms with van der Waals surface area (Å²) in [6.45, 7) is 1.56. The van der Waals surface area contributed by atoms with Crippen LogP contribution in [0, 0.1) is 24.7 Å². The zero-order valence-corrected chi connectivity index (χ0v) is 11.8. The van der Waals surface area contributed by atoms with Gasteiger partial charge in [0.25, 0.3) is 0 Å². The first-order chi connectivity index (χ1) is 9.79. The van der Waals surface area contributed by atoms with Gasteiger partial charge in [0, 0.05) is 17.5 Å². The first-order valence-corrected chi connectivity index (χ1v) is 7.26. The Morgan fingerprint density at radius 2 is 1.90 bits per heavy atom. The highest BCUT2D eigenvalue weighted by Crippen LogP contribution is 2.48. The molecule has 1 aromatic carbocycles. The number of carbonyl (C=O) groups excluding carboxylic acids is 1. The molecule has 2 aliphatic rings. The zero-order valence-electron chi connectivity index (χ0n) is 11.8. The van der Waals surface area contributed by atoms with E-state index in [0.29, 0.717) is 23.0 Å². The lowest BCUT2D eigenvalue weighted by Crippen LogP contribution is -2.40. The molecule has 2 aliphatic carbocycles. The van der Waals surface area contributed by atoms with Gasteiger partial charge in [-0.1, -0.05) is 6.07 Å². The molecule has 0 radical (unpaired) electrons. The van der Waals surface area contributed by atoms with Crippen LogP contribution in [0.15, 0.2) is 18.2 Å². The van der Waals surface area contributed by atoms with Gasteiger partial charge in [-0.2, -0.15) is 13.2 Å². The summed E-state index contributed by atoms with van der Waals surface area (Å²) in [5, 5.41) is 0. The molecule has 5 heteroatoms. The number of nitrogens with two attached hydrogens (primary N) is 1. The third-order valence-corrected chi connectivity index (χ3v) is 5.10. The molecule has 0 spiro atoms. The molecule has 21 heavy (non-hydrogen) atoms. The summed E-state index contributed by atoms with van der Waals surface area (Å²) < 4.78 is 38.0. The van der Waals surface area contributed by atoms with E-state index in [1.54, 1.807) is 6.92 Å². The number of hydrogen-bond acceptors (Lipinski definition) is 2. The maximum absolute atomic E-state index is 12.7. The van der Waals surface area contributed by atoms with Crippen LogP contribution in [0.2, 0.25) is 0 Å². The van der Waals surface area contributed by atoms with Gasteiger partial charge in [-0.25, -0.2) is 0 Å². The number of aryl methyl sites for hydroxylation is 1. The first-order valence-electron chi connectivity index (χ1n) is 7.26. The predicted molar refractivity (Wildman–Crippen MR) is 72.8 cm³/mol. The second-order valence-corrected chi connectivity index (χ2v) is 6.33. The van der Waals surface area contributed by atoms with Crippen LogP contribution in [0.25, 0.3) is 0 Å². The molecular weight excluding hydrogens is 279 g/mol. The monoisotopic (exact) mass is 297 g/mol. The number of Topliss-reactive ketones (excluding diaryl/α,β-unsaturated/α-hetero) is 1. The van der Waals surface area contributed by atoms with Crippen LogP contribution in [0.5, 0.6) is 0 Å². The van der Waals surface area contributed by atoms with Gasteiger partial charge in [-0.15, -0.1) is 0 Å². The van der Waals surface area contributed by atoms with Crippen molar-refractivity contribution in [2.24, 2.45) is 23.5 Å². The summed E-state index contributed by atoms with van der Waals surface area (Å²) in [5.74, 6) is 0.401. The Labute approximate surface area is 121 Å². The van der Waals surface area contributed by atoms with Gasteiger partial charge in [0.1, 0.15) is 0 Å². The summed E-state index contributed by atoms with van der Waals surface area (Å²) >= 11 is 0. The van der Waals surface area contributed by atoms with Crippen LogP contribution in [-0.2, 0) is 6.18 Å². The van der Waals surface area contributed by atoms with E-state index in [4.69, 9.17) is 5.73 Å². The van der Waals surface area contributed by atoms with E-state index in [0.717, 1.165) is 31.4 Å². The second kappa shape index (κ2) is 4.83. The van der Waals surface area contributed by atoms with Crippen molar-refractivity contribution in [3.8, 4) is 0 Å². The van der Waals surface area contributed by atoms with E-state index in [9.17, 15) is 18.0 Å². The molecule has 2 nitrogen and oxygen atoms in total. The molecule has 0 aliphatic heterocycles. The van der Waals surface area contributed by atoms with Gasteiger partial charge in [-0.05, 0) is 55.7 Å². The van der Waals surface area contributed by atoms with Crippen LogP contribution < -0.4 is 5.73 Å². The lowest BCUT2D eigenvalue weighted by molar-refractivity contribution is -0.137. The number of benzene rings is 1. The lowest BCUT2D eigenvalue weighted by atomic mass is 9.79. The molecule has 0 saturated heterocycles. The van der Waals surface area contributed by atoms with E-state index in [-0.39, 0.29) is 17.7 Å². The predicted octanol–water partition coefficient (Wildman–Crippen LogP) is 3.57. The topological polar surface area (TPSA) is 43.1 Å². The molecule has 0 heterocycles. The maximum atomic E-state index is 12.7. The quantitative estimate of drug-likeness (QED) is 0.848. The van der Waals surface area contributed by atoms with E-state index >= 15 is 0 Å². The van der Waals surface area contributed by atoms with Crippen molar-refractivity contribution in [3.63, 3.8) is 0 Å². The summed E-state index contributed by atoms with van der Waals surface area (Å²) in [6.07, 6.45) is -1.32. The van der Waals surface area contributed by atoms with Gasteiger partial charge >= 0.3 is 6.18 Å². The Hall–Kier alpha value is -1.36. The highest BCUT2D eigenvalue weighted by Gasteiger charge is 2.49. The largest absolute Gasteiger partial charge is 0.416 e. The van der Waals surface area contributed by atoms with E-state index < -0.39 is 11.7 Å². The molecule has 2 N–H and O–H groups in total. The fraction of sp³-hybridized carbons (Fsp3) is 0.562. The Morgan fingerprint density at radius 3 is 2.43 bits per heavy atom. The van der Waals surface area contributed by atoms with Gasteiger partial charge in [0.05, 0.1) is 5.56 Å². The van der Waals surface area contributed by atoms with Crippen LogP contribution in [-0.4, -0.2) is 11.8 Å². The minimum Gasteiger partial charge on any atom is -0.327 e. The van der Waals surface area contributed by atoms with Crippen molar-refractivity contribution in [3.05, 3.63) is 34.9 Å². The SMILES string of the molecule is Cc1cc(C(F)(F)F)ccc1C(=O)C1C2CCC(C2)C1N. The third-order valence-electron chi connectivity index (χ3n) is 5.10. The standard InChI is InChI=1S/C16H18F3NO/c1-8-6-11(16(17,18)19)4-5-12(8)15(21)13-9-2-3-10(7-9)14(13)20/h4-6,9-10,13-14H,2-3,7,20H2,1H3. The zero-order chi connectivity index (χ0) is 15.4. The fourth-order valence-electron chi connectivity index (χ4n) is 4.02. The number of carbonyl (C=O) groups is 1. The van der Waals surface area contributed by atoms with Crippen molar-refractivity contribution in [1.29, 1.82) is 0 Å². The molecule has 0 aromatic heterocycles. The van der Waals surface area contributed by atoms with Crippen molar-refractivity contribution in [2.75, 3.05) is 0 Å². The molecule has 1 aromatic rings. The molecule has 114 valence electrons. The maximum Gasteiger partial charge on any atom is 0.416 e. The first kappa shape index (κ1) is 14.6. The number of fused-ring (bicyclic) bond motifs is 2. The minimum atomic E-state index is -4.38. The van der Waals surface area contributed by atoms with Gasteiger partial charge in [-0.3, -0.25) is 4.79 Å². The summed E-state index contributed by atoms with van der Waals surface area (Å²) in [7, 11) is 0. The van der Waals surface area contributed by atoms with Crippen molar-refractivity contribution >= 4 is 5.78 Å². The number of rotatable bonds is 2. The molecular formula is C16H18F3NO. The summed E-state index contributed by atoms with van der Waals surface area (Å²) in [5.41, 5.74) is 6.20. The molecule has 4 unspecified atom stereocenters. The number of halogens is 3. The highest BCUT2D eigenvalue weighted by molar-refractivity contribution is 6.00. The Balaban J connectivity index is 1.89. The van der Waals surface area contributed by atoms with Crippen LogP contribution >= 0.6 is 0 Å². The molecule has 4 atom stereocenters. The average Bonchev–Trinajstić information content (AvgIpc) is 2.97. The fourth-order valence-corrected chi connectivity index (χ4v) is 4.02. The van der Waals surface area contributed by atoms with Crippen molar-refractivity contribution < 1.29 is 18.0 Å². The van der Waals surface area contributed by atoms with E-state index in [1.165, 1.54) is 6.07 Å². The van der Waals surface area contributed by atoms with Crippen LogP contribution in [0.4, 0.5) is 13.2 Å².